The molecule has 3 heterocycles. The van der Waals surface area contributed by atoms with Crippen molar-refractivity contribution >= 4 is 6.29 Å². The molecule has 1 aromatic carbocycles. The highest BCUT2D eigenvalue weighted by Crippen LogP contribution is 2.32. The number of hydrogen-bond acceptors (Lipinski definition) is 8. The van der Waals surface area contributed by atoms with Crippen LogP contribution in [0.3, 0.4) is 0 Å². The molecule has 1 fully saturated rings. The van der Waals surface area contributed by atoms with Crippen LogP contribution < -0.4 is 20.3 Å². The number of hydrogen-bond donors (Lipinski definition) is 2. The van der Waals surface area contributed by atoms with E-state index in [0.717, 1.165) is 49.0 Å². The molecule has 2 N–H and O–H groups in total. The molecule has 0 spiro atoms. The van der Waals surface area contributed by atoms with Gasteiger partial charge in [0.05, 0.1) is 13.2 Å². The van der Waals surface area contributed by atoms with Crippen molar-refractivity contribution in [3.05, 3.63) is 35.6 Å². The van der Waals surface area contributed by atoms with E-state index in [0.29, 0.717) is 25.4 Å². The summed E-state index contributed by atoms with van der Waals surface area (Å²) in [6.45, 7) is 4.11. The average Bonchev–Trinajstić information content (AvgIpc) is 3.41. The summed E-state index contributed by atoms with van der Waals surface area (Å²) < 4.78 is 21.3. The lowest BCUT2D eigenvalue weighted by Crippen LogP contribution is -2.33. The van der Waals surface area contributed by atoms with E-state index in [-0.39, 0.29) is 12.8 Å². The van der Waals surface area contributed by atoms with Gasteiger partial charge in [0.15, 0.2) is 11.5 Å². The zero-order chi connectivity index (χ0) is 19.6. The number of benzene rings is 1. The van der Waals surface area contributed by atoms with Crippen molar-refractivity contribution in [3.63, 3.8) is 0 Å². The van der Waals surface area contributed by atoms with Crippen molar-refractivity contribution in [3.8, 4) is 11.5 Å². The third-order valence-electron chi connectivity index (χ3n) is 4.57. The molecule has 8 nitrogen and oxygen atoms in total. The van der Waals surface area contributed by atoms with Gasteiger partial charge < -0.3 is 33.9 Å². The molecular weight excluding hydrogens is 364 g/mol. The highest BCUT2D eigenvalue weighted by atomic mass is 16.7. The molecule has 1 saturated heterocycles. The number of fused-ring (bicyclic) bond motifs is 1. The normalized spacial score (nSPS) is 22.7. The maximum atomic E-state index is 10.5. The van der Waals surface area contributed by atoms with Crippen molar-refractivity contribution in [2.75, 3.05) is 40.2 Å². The largest absolute Gasteiger partial charge is 0.454 e. The molecule has 3 aliphatic rings. The molecule has 28 heavy (non-hydrogen) atoms. The highest BCUT2D eigenvalue weighted by molar-refractivity contribution is 5.57. The number of hydroxylamine groups is 1. The maximum absolute atomic E-state index is 10.5. The zero-order valence-corrected chi connectivity index (χ0v) is 16.1. The Hall–Kier alpha value is -2.13. The van der Waals surface area contributed by atoms with Gasteiger partial charge in [0.25, 0.3) is 0 Å². The smallest absolute Gasteiger partial charge is 0.231 e. The summed E-state index contributed by atoms with van der Waals surface area (Å²) in [5, 5.41) is 3.13. The Kier molecular flexibility index (Phi) is 8.10. The lowest BCUT2D eigenvalue weighted by Gasteiger charge is -2.19. The molecule has 154 valence electrons. The predicted molar refractivity (Wildman–Crippen MR) is 102 cm³/mol. The minimum atomic E-state index is -0.271. The molecule has 4 rings (SSSR count). The van der Waals surface area contributed by atoms with Gasteiger partial charge in [0, 0.05) is 6.61 Å². The number of aldehydes is 1. The summed E-state index contributed by atoms with van der Waals surface area (Å²) in [4.78, 5) is 15.7. The topological polar surface area (TPSA) is 87.3 Å². The monoisotopic (exact) mass is 392 g/mol. The standard InChI is InChI=1S/C14H15NO5.C6H13NO/c16-6-11-2-3-12(20-15-11)8-17-7-10-1-4-13-14(5-10)19-9-18-13;1-7-4-6-2-3-8-5-6/h1,3-6,11,15H,2,7-9H2;6-7H,2-5H2,1H3. The first-order valence-electron chi connectivity index (χ1n) is 9.53. The van der Waals surface area contributed by atoms with Crippen LogP contribution in [0, 0.1) is 5.92 Å². The average molecular weight is 392 g/mol. The van der Waals surface area contributed by atoms with E-state index in [2.05, 4.69) is 10.8 Å². The van der Waals surface area contributed by atoms with Gasteiger partial charge in [-0.3, -0.25) is 0 Å². The van der Waals surface area contributed by atoms with Gasteiger partial charge in [-0.2, -0.15) is 0 Å². The summed E-state index contributed by atoms with van der Waals surface area (Å²) in [5.74, 6) is 2.97. The summed E-state index contributed by atoms with van der Waals surface area (Å²) >= 11 is 0. The second-order valence-electron chi connectivity index (χ2n) is 6.84. The van der Waals surface area contributed by atoms with Crippen molar-refractivity contribution in [1.82, 2.24) is 10.8 Å². The first-order valence-corrected chi connectivity index (χ1v) is 9.53. The Balaban J connectivity index is 0.000000236. The predicted octanol–water partition coefficient (Wildman–Crippen LogP) is 1.55. The van der Waals surface area contributed by atoms with E-state index < -0.39 is 0 Å². The van der Waals surface area contributed by atoms with Crippen molar-refractivity contribution < 1.29 is 28.6 Å². The van der Waals surface area contributed by atoms with Crippen molar-refractivity contribution in [2.45, 2.75) is 25.5 Å². The number of nitrogens with one attached hydrogen (secondary N) is 2. The Morgan fingerprint density at radius 1 is 1.29 bits per heavy atom. The van der Waals surface area contributed by atoms with E-state index in [9.17, 15) is 4.79 Å². The quantitative estimate of drug-likeness (QED) is 0.676. The Bertz CT molecular complexity index is 660. The molecule has 0 bridgehead atoms. The molecule has 0 aromatic heterocycles. The second-order valence-corrected chi connectivity index (χ2v) is 6.84. The van der Waals surface area contributed by atoms with Crippen LogP contribution >= 0.6 is 0 Å². The van der Waals surface area contributed by atoms with Gasteiger partial charge in [0.1, 0.15) is 24.7 Å². The minimum Gasteiger partial charge on any atom is -0.454 e. The fourth-order valence-corrected chi connectivity index (χ4v) is 3.00. The number of carbonyl (C=O) groups excluding carboxylic acids is 1. The minimum absolute atomic E-state index is 0.268. The molecular formula is C20H28N2O6. The molecule has 0 saturated carbocycles. The Morgan fingerprint density at radius 2 is 2.18 bits per heavy atom. The van der Waals surface area contributed by atoms with E-state index in [4.69, 9.17) is 23.8 Å². The van der Waals surface area contributed by atoms with E-state index in [1.54, 1.807) is 0 Å². The maximum Gasteiger partial charge on any atom is 0.231 e. The molecule has 0 aliphatic carbocycles. The van der Waals surface area contributed by atoms with Crippen LogP contribution in [-0.2, 0) is 25.7 Å². The van der Waals surface area contributed by atoms with Gasteiger partial charge in [-0.1, -0.05) is 6.07 Å². The Labute approximate surface area is 165 Å². The molecule has 8 heteroatoms. The summed E-state index contributed by atoms with van der Waals surface area (Å²) in [6, 6.07) is 5.43. The lowest BCUT2D eigenvalue weighted by atomic mass is 10.1. The first kappa shape index (κ1) is 20.6. The third-order valence-corrected chi connectivity index (χ3v) is 4.57. The van der Waals surface area contributed by atoms with Gasteiger partial charge >= 0.3 is 0 Å². The third kappa shape index (κ3) is 6.20. The van der Waals surface area contributed by atoms with Gasteiger partial charge in [-0.15, -0.1) is 5.48 Å². The van der Waals surface area contributed by atoms with Crippen LogP contribution in [0.15, 0.2) is 30.0 Å². The first-order chi connectivity index (χ1) is 13.8. The fraction of sp³-hybridized carbons (Fsp3) is 0.550. The van der Waals surface area contributed by atoms with E-state index in [1.807, 2.05) is 31.3 Å². The van der Waals surface area contributed by atoms with E-state index in [1.165, 1.54) is 6.42 Å². The molecule has 3 aliphatic heterocycles. The molecule has 2 atom stereocenters. The van der Waals surface area contributed by atoms with Gasteiger partial charge in [-0.05, 0) is 56.1 Å². The van der Waals surface area contributed by atoms with Gasteiger partial charge in [-0.25, -0.2) is 0 Å². The summed E-state index contributed by atoms with van der Waals surface area (Å²) in [5.41, 5.74) is 3.65. The summed E-state index contributed by atoms with van der Waals surface area (Å²) in [6.07, 6.45) is 4.53. The lowest BCUT2D eigenvalue weighted by molar-refractivity contribution is -0.113. The fourth-order valence-electron chi connectivity index (χ4n) is 3.00. The number of ether oxygens (including phenoxy) is 4. The zero-order valence-electron chi connectivity index (χ0n) is 16.1. The highest BCUT2D eigenvalue weighted by Gasteiger charge is 2.15. The molecule has 0 amide bonds. The SMILES string of the molecule is CNCC1CCOC1.O=CC1CC=C(COCc2ccc3c(c2)OCO3)ON1. The summed E-state index contributed by atoms with van der Waals surface area (Å²) in [7, 11) is 1.98. The van der Waals surface area contributed by atoms with Crippen LogP contribution in [0.1, 0.15) is 18.4 Å². The van der Waals surface area contributed by atoms with Crippen molar-refractivity contribution in [2.24, 2.45) is 5.92 Å². The van der Waals surface area contributed by atoms with Crippen LogP contribution in [-0.4, -0.2) is 52.5 Å². The van der Waals surface area contributed by atoms with Gasteiger partial charge in [0.2, 0.25) is 6.79 Å². The van der Waals surface area contributed by atoms with Crippen molar-refractivity contribution in [1.29, 1.82) is 0 Å². The molecule has 0 radical (unpaired) electrons. The van der Waals surface area contributed by atoms with Crippen LogP contribution in [0.4, 0.5) is 0 Å². The molecule has 2 unspecified atom stereocenters. The van der Waals surface area contributed by atoms with Crippen LogP contribution in [0.25, 0.3) is 0 Å². The van der Waals surface area contributed by atoms with Crippen LogP contribution in [0.2, 0.25) is 0 Å². The number of carbonyl (C=O) groups is 1. The number of rotatable bonds is 7. The van der Waals surface area contributed by atoms with Crippen LogP contribution in [0.5, 0.6) is 11.5 Å². The van der Waals surface area contributed by atoms with E-state index >= 15 is 0 Å². The molecule has 1 aromatic rings. The Morgan fingerprint density at radius 3 is 2.89 bits per heavy atom. The second kappa shape index (κ2) is 11.0.